The lowest BCUT2D eigenvalue weighted by Gasteiger charge is -2.54. The van der Waals surface area contributed by atoms with Crippen LogP contribution in [0.1, 0.15) is 39.5 Å². The Hall–Kier alpha value is -0.120. The Balaban J connectivity index is 2.11. The molecule has 0 aromatic heterocycles. The molecule has 0 aromatic carbocycles. The van der Waals surface area contributed by atoms with Gasteiger partial charge in [0.05, 0.1) is 12.2 Å². The van der Waals surface area contributed by atoms with Crippen LogP contribution in [-0.4, -0.2) is 36.1 Å². The number of rotatable bonds is 3. The molecule has 3 rings (SSSR count). The van der Waals surface area contributed by atoms with E-state index in [1.54, 1.807) is 7.11 Å². The average molecular weight is 254 g/mol. The van der Waals surface area contributed by atoms with Gasteiger partial charge in [-0.2, -0.15) is 0 Å². The Morgan fingerprint density at radius 1 is 1.33 bits per heavy atom. The van der Waals surface area contributed by atoms with Crippen molar-refractivity contribution in [3.05, 3.63) is 0 Å². The van der Waals surface area contributed by atoms with Crippen LogP contribution in [0.15, 0.2) is 0 Å². The standard InChI is InChI=1S/C15H26O3/c1-13-6-4-5-10-7-11(13)12(8-16)15(17,9-18-3)14(10,13)2/h10-12,16-17H,4-9H2,1-3H3/t10-,11+,12-,13+,14+,15-/m1/s1. The molecule has 0 unspecified atom stereocenters. The first-order valence-corrected chi connectivity index (χ1v) is 7.28. The van der Waals surface area contributed by atoms with Crippen molar-refractivity contribution in [3.8, 4) is 0 Å². The van der Waals surface area contributed by atoms with Crippen LogP contribution in [0.5, 0.6) is 0 Å². The molecule has 3 fully saturated rings. The summed E-state index contributed by atoms with van der Waals surface area (Å²) in [5.41, 5.74) is -0.762. The Morgan fingerprint density at radius 2 is 2.06 bits per heavy atom. The Labute approximate surface area is 110 Å². The maximum atomic E-state index is 11.3. The molecular formula is C15H26O3. The molecule has 3 nitrogen and oxygen atoms in total. The van der Waals surface area contributed by atoms with E-state index in [0.717, 1.165) is 0 Å². The van der Waals surface area contributed by atoms with Gasteiger partial charge in [-0.25, -0.2) is 0 Å². The molecule has 18 heavy (non-hydrogen) atoms. The number of aliphatic hydroxyl groups is 2. The minimum absolute atomic E-state index is 0.0122. The summed E-state index contributed by atoms with van der Waals surface area (Å²) in [5, 5.41) is 21.1. The minimum Gasteiger partial charge on any atom is -0.396 e. The molecule has 2 N–H and O–H groups in total. The normalized spacial score (nSPS) is 58.2. The van der Waals surface area contributed by atoms with Crippen LogP contribution in [0.4, 0.5) is 0 Å². The first kappa shape index (κ1) is 12.9. The van der Waals surface area contributed by atoms with Gasteiger partial charge in [0.2, 0.25) is 0 Å². The SMILES string of the molecule is COC[C@@]1(O)[C@H](CO)[C@@H]2C[C@H]3CCC[C@]2(C)[C@]31C. The second-order valence-electron chi connectivity index (χ2n) is 7.20. The number of hydrogen-bond acceptors (Lipinski definition) is 3. The van der Waals surface area contributed by atoms with Gasteiger partial charge in [-0.3, -0.25) is 0 Å². The molecule has 104 valence electrons. The van der Waals surface area contributed by atoms with Crippen molar-refractivity contribution in [3.63, 3.8) is 0 Å². The van der Waals surface area contributed by atoms with E-state index < -0.39 is 5.60 Å². The van der Waals surface area contributed by atoms with Gasteiger partial charge in [-0.1, -0.05) is 20.3 Å². The smallest absolute Gasteiger partial charge is 0.0993 e. The summed E-state index contributed by atoms with van der Waals surface area (Å²) in [7, 11) is 1.65. The fraction of sp³-hybridized carbons (Fsp3) is 1.00. The number of hydrogen-bond donors (Lipinski definition) is 2. The molecule has 0 radical (unpaired) electrons. The second-order valence-corrected chi connectivity index (χ2v) is 7.20. The maximum absolute atomic E-state index is 11.3. The van der Waals surface area contributed by atoms with Gasteiger partial charge < -0.3 is 14.9 Å². The zero-order chi connectivity index (χ0) is 13.2. The topological polar surface area (TPSA) is 49.7 Å². The van der Waals surface area contributed by atoms with Crippen molar-refractivity contribution in [2.45, 2.75) is 45.1 Å². The lowest BCUT2D eigenvalue weighted by Crippen LogP contribution is -2.59. The molecular weight excluding hydrogens is 228 g/mol. The van der Waals surface area contributed by atoms with E-state index in [4.69, 9.17) is 4.74 Å². The maximum Gasteiger partial charge on any atom is 0.0993 e. The molecule has 0 spiro atoms. The van der Waals surface area contributed by atoms with Gasteiger partial charge in [-0.05, 0) is 36.5 Å². The van der Waals surface area contributed by atoms with Crippen LogP contribution >= 0.6 is 0 Å². The third kappa shape index (κ3) is 1.09. The largest absolute Gasteiger partial charge is 0.396 e. The molecule has 0 amide bonds. The average Bonchev–Trinajstić information content (AvgIpc) is 2.53. The lowest BCUT2D eigenvalue weighted by atomic mass is 9.54. The molecule has 0 aliphatic heterocycles. The second kappa shape index (κ2) is 3.71. The Morgan fingerprint density at radius 3 is 2.67 bits per heavy atom. The summed E-state index contributed by atoms with van der Waals surface area (Å²) in [6, 6.07) is 0. The first-order valence-electron chi connectivity index (χ1n) is 7.28. The van der Waals surface area contributed by atoms with Gasteiger partial charge in [-0.15, -0.1) is 0 Å². The number of methoxy groups -OCH3 is 1. The highest BCUT2D eigenvalue weighted by molar-refractivity contribution is 5.26. The predicted octanol–water partition coefficient (Wildman–Crippen LogP) is 1.82. The third-order valence-electron chi connectivity index (χ3n) is 7.17. The van der Waals surface area contributed by atoms with E-state index in [0.29, 0.717) is 18.4 Å². The highest BCUT2D eigenvalue weighted by atomic mass is 16.5. The minimum atomic E-state index is -0.848. The number of aliphatic hydroxyl groups excluding tert-OH is 1. The van der Waals surface area contributed by atoms with Crippen molar-refractivity contribution >= 4 is 0 Å². The third-order valence-corrected chi connectivity index (χ3v) is 7.17. The van der Waals surface area contributed by atoms with Crippen LogP contribution in [0, 0.1) is 28.6 Å². The van der Waals surface area contributed by atoms with Crippen molar-refractivity contribution in [1.82, 2.24) is 0 Å². The van der Waals surface area contributed by atoms with Crippen molar-refractivity contribution in [2.75, 3.05) is 20.3 Å². The molecule has 6 atom stereocenters. The summed E-state index contributed by atoms with van der Waals surface area (Å²) in [6.45, 7) is 5.04. The van der Waals surface area contributed by atoms with Gasteiger partial charge >= 0.3 is 0 Å². The van der Waals surface area contributed by atoms with Gasteiger partial charge in [0.15, 0.2) is 0 Å². The van der Waals surface area contributed by atoms with E-state index >= 15 is 0 Å². The summed E-state index contributed by atoms with van der Waals surface area (Å²) in [6.07, 6.45) is 4.87. The predicted molar refractivity (Wildman–Crippen MR) is 69.1 cm³/mol. The molecule has 3 aliphatic rings. The van der Waals surface area contributed by atoms with Crippen LogP contribution < -0.4 is 0 Å². The first-order chi connectivity index (χ1) is 8.45. The summed E-state index contributed by atoms with van der Waals surface area (Å²) in [4.78, 5) is 0. The summed E-state index contributed by atoms with van der Waals surface area (Å²) >= 11 is 0. The molecule has 0 aromatic rings. The highest BCUT2D eigenvalue weighted by Crippen LogP contribution is 2.78. The van der Waals surface area contributed by atoms with Crippen molar-refractivity contribution < 1.29 is 14.9 Å². The Bertz CT molecular complexity index is 358. The lowest BCUT2D eigenvalue weighted by molar-refractivity contribution is -0.189. The van der Waals surface area contributed by atoms with Crippen LogP contribution in [0.3, 0.4) is 0 Å². The molecule has 3 saturated carbocycles. The molecule has 3 aliphatic carbocycles. The number of ether oxygens (including phenoxy) is 1. The highest BCUT2D eigenvalue weighted by Gasteiger charge is 2.78. The van der Waals surface area contributed by atoms with Crippen LogP contribution in [0.2, 0.25) is 0 Å². The van der Waals surface area contributed by atoms with E-state index in [1.165, 1.54) is 25.7 Å². The zero-order valence-corrected chi connectivity index (χ0v) is 11.8. The summed E-state index contributed by atoms with van der Waals surface area (Å²) in [5.74, 6) is 1.05. The van der Waals surface area contributed by atoms with E-state index in [9.17, 15) is 10.2 Å². The van der Waals surface area contributed by atoms with Crippen LogP contribution in [-0.2, 0) is 4.74 Å². The van der Waals surface area contributed by atoms with E-state index in [1.807, 2.05) is 0 Å². The quantitative estimate of drug-likeness (QED) is 0.807. The molecule has 3 heteroatoms. The fourth-order valence-corrected chi connectivity index (χ4v) is 6.15. The van der Waals surface area contributed by atoms with Gasteiger partial charge in [0, 0.05) is 25.0 Å². The van der Waals surface area contributed by atoms with Crippen LogP contribution in [0.25, 0.3) is 0 Å². The molecule has 0 heterocycles. The van der Waals surface area contributed by atoms with Gasteiger partial charge in [0.25, 0.3) is 0 Å². The Kier molecular flexibility index (Phi) is 2.66. The zero-order valence-electron chi connectivity index (χ0n) is 11.8. The molecule has 0 saturated heterocycles. The molecule has 4 bridgehead atoms. The van der Waals surface area contributed by atoms with Crippen molar-refractivity contribution in [2.24, 2.45) is 28.6 Å². The fourth-order valence-electron chi connectivity index (χ4n) is 6.15. The monoisotopic (exact) mass is 254 g/mol. The summed E-state index contributed by atoms with van der Waals surface area (Å²) < 4.78 is 5.33. The van der Waals surface area contributed by atoms with Crippen molar-refractivity contribution in [1.29, 1.82) is 0 Å². The van der Waals surface area contributed by atoms with E-state index in [2.05, 4.69) is 13.8 Å². The van der Waals surface area contributed by atoms with E-state index in [-0.39, 0.29) is 23.4 Å². The van der Waals surface area contributed by atoms with Gasteiger partial charge in [0.1, 0.15) is 0 Å².